The number of likely N-dealkylation sites (tertiary alicyclic amines) is 1. The number of carbonyl (C=O) groups is 1. The molecule has 0 atom stereocenters. The number of amides is 1. The van der Waals surface area contributed by atoms with Crippen molar-refractivity contribution in [3.63, 3.8) is 0 Å². The van der Waals surface area contributed by atoms with E-state index in [9.17, 15) is 4.79 Å². The predicted octanol–water partition coefficient (Wildman–Crippen LogP) is 1.85. The Morgan fingerprint density at radius 3 is 2.96 bits per heavy atom. The van der Waals surface area contributed by atoms with Gasteiger partial charge in [0.2, 0.25) is 0 Å². The van der Waals surface area contributed by atoms with Crippen molar-refractivity contribution in [1.29, 1.82) is 0 Å². The molecule has 8 heteroatoms. The Kier molecular flexibility index (Phi) is 4.32. The maximum Gasteiger partial charge on any atom is 0.273 e. The Labute approximate surface area is 144 Å². The summed E-state index contributed by atoms with van der Waals surface area (Å²) in [6, 6.07) is 0. The van der Waals surface area contributed by atoms with Gasteiger partial charge >= 0.3 is 0 Å². The van der Waals surface area contributed by atoms with Gasteiger partial charge in [-0.25, -0.2) is 4.98 Å². The number of aromatic nitrogens is 4. The summed E-state index contributed by atoms with van der Waals surface area (Å²) in [5, 5.41) is 11.4. The van der Waals surface area contributed by atoms with Gasteiger partial charge in [0, 0.05) is 44.5 Å². The van der Waals surface area contributed by atoms with Crippen molar-refractivity contribution >= 4 is 17.2 Å². The summed E-state index contributed by atoms with van der Waals surface area (Å²) >= 11 is 1.47. The van der Waals surface area contributed by atoms with Crippen LogP contribution in [0.15, 0.2) is 5.38 Å². The van der Waals surface area contributed by atoms with E-state index in [0.29, 0.717) is 18.2 Å². The molecule has 1 saturated heterocycles. The fourth-order valence-electron chi connectivity index (χ4n) is 3.58. The van der Waals surface area contributed by atoms with Crippen LogP contribution in [0.25, 0.3) is 0 Å². The average Bonchev–Trinajstić information content (AvgIpc) is 3.31. The van der Waals surface area contributed by atoms with Crippen LogP contribution in [0, 0.1) is 0 Å². The van der Waals surface area contributed by atoms with Gasteiger partial charge in [0.1, 0.15) is 22.4 Å². The van der Waals surface area contributed by atoms with Crippen LogP contribution in [-0.2, 0) is 24.3 Å². The number of aryl methyl sites for hydroxylation is 1. The molecule has 0 spiro atoms. The minimum Gasteiger partial charge on any atom is -0.378 e. The van der Waals surface area contributed by atoms with E-state index in [2.05, 4.69) is 19.7 Å². The quantitative estimate of drug-likeness (QED) is 0.844. The molecule has 2 aliphatic rings. The summed E-state index contributed by atoms with van der Waals surface area (Å²) < 4.78 is 7.34. The summed E-state index contributed by atoms with van der Waals surface area (Å²) in [4.78, 5) is 18.9. The van der Waals surface area contributed by atoms with Gasteiger partial charge in [-0.1, -0.05) is 0 Å². The summed E-state index contributed by atoms with van der Waals surface area (Å²) in [5.74, 6) is 2.67. The fourth-order valence-corrected chi connectivity index (χ4v) is 4.31. The predicted molar refractivity (Wildman–Crippen MR) is 89.0 cm³/mol. The molecule has 7 nitrogen and oxygen atoms in total. The van der Waals surface area contributed by atoms with E-state index in [0.717, 1.165) is 55.6 Å². The fraction of sp³-hybridized carbons (Fsp3) is 0.625. The molecule has 0 N–H and O–H groups in total. The van der Waals surface area contributed by atoms with Gasteiger partial charge in [0.05, 0.1) is 6.61 Å². The first-order chi connectivity index (χ1) is 11.8. The molecule has 4 heterocycles. The number of nitrogens with zero attached hydrogens (tertiary/aromatic N) is 5. The SMILES string of the molecule is COCc1nc(C(=O)N2CCC(c3nnc4n3CCC4)CC2)cs1. The number of hydrogen-bond acceptors (Lipinski definition) is 6. The normalized spacial score (nSPS) is 18.1. The van der Waals surface area contributed by atoms with Crippen molar-refractivity contribution < 1.29 is 9.53 Å². The molecule has 128 valence electrons. The molecule has 1 amide bonds. The molecule has 1 fully saturated rings. The molecule has 0 saturated carbocycles. The lowest BCUT2D eigenvalue weighted by molar-refractivity contribution is 0.0704. The first-order valence-electron chi connectivity index (χ1n) is 8.41. The minimum atomic E-state index is 0.0264. The van der Waals surface area contributed by atoms with Crippen molar-refractivity contribution in [3.05, 3.63) is 27.7 Å². The van der Waals surface area contributed by atoms with Crippen molar-refractivity contribution in [2.24, 2.45) is 0 Å². The molecule has 0 unspecified atom stereocenters. The van der Waals surface area contributed by atoms with E-state index >= 15 is 0 Å². The van der Waals surface area contributed by atoms with Gasteiger partial charge in [-0.3, -0.25) is 4.79 Å². The molecular weight excluding hydrogens is 326 g/mol. The lowest BCUT2D eigenvalue weighted by atomic mass is 9.95. The smallest absolute Gasteiger partial charge is 0.273 e. The highest BCUT2D eigenvalue weighted by atomic mass is 32.1. The molecular formula is C16H21N5O2S. The van der Waals surface area contributed by atoms with Crippen LogP contribution in [0.4, 0.5) is 0 Å². The Hall–Kier alpha value is -1.80. The van der Waals surface area contributed by atoms with Gasteiger partial charge < -0.3 is 14.2 Å². The number of thiazole rings is 1. The lowest BCUT2D eigenvalue weighted by Crippen LogP contribution is -2.38. The maximum absolute atomic E-state index is 12.6. The van der Waals surface area contributed by atoms with Crippen LogP contribution in [0.3, 0.4) is 0 Å². The van der Waals surface area contributed by atoms with Gasteiger partial charge in [0.15, 0.2) is 0 Å². The first kappa shape index (κ1) is 15.7. The maximum atomic E-state index is 12.6. The highest BCUT2D eigenvalue weighted by molar-refractivity contribution is 7.09. The van der Waals surface area contributed by atoms with E-state index in [4.69, 9.17) is 4.74 Å². The summed E-state index contributed by atoms with van der Waals surface area (Å²) in [6.45, 7) is 3.00. The number of fused-ring (bicyclic) bond motifs is 1. The van der Waals surface area contributed by atoms with Gasteiger partial charge in [0.25, 0.3) is 5.91 Å². The van der Waals surface area contributed by atoms with E-state index < -0.39 is 0 Å². The molecule has 2 aromatic heterocycles. The van der Waals surface area contributed by atoms with Crippen LogP contribution in [-0.4, -0.2) is 50.8 Å². The number of hydrogen-bond donors (Lipinski definition) is 0. The number of piperidine rings is 1. The Morgan fingerprint density at radius 2 is 2.17 bits per heavy atom. The van der Waals surface area contributed by atoms with Crippen LogP contribution in [0.5, 0.6) is 0 Å². The summed E-state index contributed by atoms with van der Waals surface area (Å²) in [6.07, 6.45) is 4.10. The van der Waals surface area contributed by atoms with Crippen LogP contribution < -0.4 is 0 Å². The van der Waals surface area contributed by atoms with Crippen LogP contribution in [0.2, 0.25) is 0 Å². The number of carbonyl (C=O) groups excluding carboxylic acids is 1. The molecule has 0 aliphatic carbocycles. The van der Waals surface area contributed by atoms with E-state index in [1.807, 2.05) is 10.3 Å². The molecule has 0 aromatic carbocycles. The van der Waals surface area contributed by atoms with Crippen LogP contribution in [0.1, 0.15) is 52.3 Å². The molecule has 0 radical (unpaired) electrons. The van der Waals surface area contributed by atoms with Crippen LogP contribution >= 0.6 is 11.3 Å². The number of rotatable bonds is 4. The Morgan fingerprint density at radius 1 is 1.33 bits per heavy atom. The van der Waals surface area contributed by atoms with Crippen molar-refractivity contribution in [1.82, 2.24) is 24.6 Å². The zero-order chi connectivity index (χ0) is 16.5. The molecule has 24 heavy (non-hydrogen) atoms. The lowest BCUT2D eigenvalue weighted by Gasteiger charge is -2.31. The minimum absolute atomic E-state index is 0.0264. The third-order valence-corrected chi connectivity index (χ3v) is 5.65. The third-order valence-electron chi connectivity index (χ3n) is 4.82. The van der Waals surface area contributed by atoms with E-state index in [-0.39, 0.29) is 5.91 Å². The molecule has 2 aromatic rings. The zero-order valence-electron chi connectivity index (χ0n) is 13.8. The Bertz CT molecular complexity index is 733. The van der Waals surface area contributed by atoms with Crippen molar-refractivity contribution in [2.45, 2.75) is 44.8 Å². The highest BCUT2D eigenvalue weighted by Gasteiger charge is 2.30. The van der Waals surface area contributed by atoms with E-state index in [1.54, 1.807) is 7.11 Å². The summed E-state index contributed by atoms with van der Waals surface area (Å²) in [7, 11) is 1.63. The number of methoxy groups -OCH3 is 1. The van der Waals surface area contributed by atoms with Crippen molar-refractivity contribution in [2.75, 3.05) is 20.2 Å². The number of ether oxygens (including phenoxy) is 1. The second-order valence-electron chi connectivity index (χ2n) is 6.36. The Balaban J connectivity index is 1.39. The van der Waals surface area contributed by atoms with E-state index in [1.165, 1.54) is 17.8 Å². The topological polar surface area (TPSA) is 73.1 Å². The average molecular weight is 347 g/mol. The second-order valence-corrected chi connectivity index (χ2v) is 7.30. The molecule has 2 aliphatic heterocycles. The second kappa shape index (κ2) is 6.60. The van der Waals surface area contributed by atoms with Crippen molar-refractivity contribution in [3.8, 4) is 0 Å². The van der Waals surface area contributed by atoms with Gasteiger partial charge in [-0.2, -0.15) is 0 Å². The monoisotopic (exact) mass is 347 g/mol. The largest absolute Gasteiger partial charge is 0.378 e. The molecule has 0 bridgehead atoms. The van der Waals surface area contributed by atoms with Gasteiger partial charge in [-0.05, 0) is 19.3 Å². The van der Waals surface area contributed by atoms with Gasteiger partial charge in [-0.15, -0.1) is 21.5 Å². The standard InChI is InChI=1S/C16H21N5O2S/c1-23-9-14-17-12(10-24-14)16(22)20-7-4-11(5-8-20)15-19-18-13-3-2-6-21(13)15/h10-11H,2-9H2,1H3. The molecule has 4 rings (SSSR count). The summed E-state index contributed by atoms with van der Waals surface area (Å²) in [5.41, 5.74) is 0.536. The highest BCUT2D eigenvalue weighted by Crippen LogP contribution is 2.30. The third kappa shape index (κ3) is 2.84. The zero-order valence-corrected chi connectivity index (χ0v) is 14.6. The first-order valence-corrected chi connectivity index (χ1v) is 9.29.